The molecule has 22 heavy (non-hydrogen) atoms. The van der Waals surface area contributed by atoms with E-state index in [1.165, 1.54) is 0 Å². The van der Waals surface area contributed by atoms with E-state index in [0.29, 0.717) is 18.8 Å². The molecule has 0 saturated carbocycles. The number of phenolic OH excluding ortho intramolecular Hbond substituents is 1. The highest BCUT2D eigenvalue weighted by atomic mass is 16.5. The van der Waals surface area contributed by atoms with E-state index in [4.69, 9.17) is 4.74 Å². The average molecular weight is 297 g/mol. The van der Waals surface area contributed by atoms with E-state index in [9.17, 15) is 9.90 Å². The Morgan fingerprint density at radius 1 is 1.05 bits per heavy atom. The van der Waals surface area contributed by atoms with Gasteiger partial charge in [-0.15, -0.1) is 0 Å². The molecule has 1 aliphatic heterocycles. The zero-order valence-electron chi connectivity index (χ0n) is 12.3. The molecule has 0 bridgehead atoms. The Balaban J connectivity index is 1.71. The Bertz CT molecular complexity index is 646. The molecule has 0 radical (unpaired) electrons. The van der Waals surface area contributed by atoms with E-state index in [1.807, 2.05) is 24.3 Å². The Morgan fingerprint density at radius 3 is 2.41 bits per heavy atom. The molecule has 2 aromatic carbocycles. The summed E-state index contributed by atoms with van der Waals surface area (Å²) in [6.45, 7) is 1.41. The fourth-order valence-electron chi connectivity index (χ4n) is 2.63. The third-order valence-electron chi connectivity index (χ3n) is 3.92. The van der Waals surface area contributed by atoms with Crippen molar-refractivity contribution in [2.75, 3.05) is 13.2 Å². The Kier molecular flexibility index (Phi) is 4.39. The lowest BCUT2D eigenvalue weighted by atomic mass is 10.0. The maximum atomic E-state index is 12.2. The van der Waals surface area contributed by atoms with Crippen LogP contribution >= 0.6 is 0 Å². The molecule has 2 N–H and O–H groups in total. The first-order chi connectivity index (χ1) is 10.7. The molecule has 2 aromatic rings. The summed E-state index contributed by atoms with van der Waals surface area (Å²) in [5.74, 6) is 0.178. The van der Waals surface area contributed by atoms with Crippen molar-refractivity contribution in [3.05, 3.63) is 54.1 Å². The minimum absolute atomic E-state index is 0.0595. The first-order valence-electron chi connectivity index (χ1n) is 7.51. The van der Waals surface area contributed by atoms with Crippen LogP contribution in [-0.4, -0.2) is 30.3 Å². The smallest absolute Gasteiger partial charge is 0.251 e. The SMILES string of the molecule is O=C(NC1CCOCC1)c1ccc(-c2ccccc2O)cc1. The number of benzene rings is 2. The van der Waals surface area contributed by atoms with Crippen molar-refractivity contribution in [3.63, 3.8) is 0 Å². The monoisotopic (exact) mass is 297 g/mol. The molecule has 0 unspecified atom stereocenters. The van der Waals surface area contributed by atoms with Gasteiger partial charge in [0.15, 0.2) is 0 Å². The van der Waals surface area contributed by atoms with Gasteiger partial charge >= 0.3 is 0 Å². The van der Waals surface area contributed by atoms with E-state index < -0.39 is 0 Å². The van der Waals surface area contributed by atoms with E-state index in [1.54, 1.807) is 24.3 Å². The molecule has 1 saturated heterocycles. The summed E-state index contributed by atoms with van der Waals surface area (Å²) in [6, 6.07) is 14.6. The van der Waals surface area contributed by atoms with Crippen LogP contribution in [0, 0.1) is 0 Å². The van der Waals surface area contributed by atoms with E-state index >= 15 is 0 Å². The molecule has 0 spiro atoms. The summed E-state index contributed by atoms with van der Waals surface area (Å²) in [6.07, 6.45) is 1.73. The topological polar surface area (TPSA) is 58.6 Å². The van der Waals surface area contributed by atoms with Gasteiger partial charge in [0, 0.05) is 30.4 Å². The fourth-order valence-corrected chi connectivity index (χ4v) is 2.63. The van der Waals surface area contributed by atoms with Gasteiger partial charge in [0.1, 0.15) is 5.75 Å². The van der Waals surface area contributed by atoms with Crippen LogP contribution in [0.25, 0.3) is 11.1 Å². The molecule has 4 heteroatoms. The number of nitrogens with one attached hydrogen (secondary N) is 1. The Hall–Kier alpha value is -2.33. The minimum atomic E-state index is -0.0595. The van der Waals surface area contributed by atoms with E-state index in [-0.39, 0.29) is 17.7 Å². The number of hydrogen-bond donors (Lipinski definition) is 2. The van der Waals surface area contributed by atoms with Crippen molar-refractivity contribution in [3.8, 4) is 16.9 Å². The van der Waals surface area contributed by atoms with Gasteiger partial charge in [-0.2, -0.15) is 0 Å². The van der Waals surface area contributed by atoms with Gasteiger partial charge in [0.05, 0.1) is 0 Å². The van der Waals surface area contributed by atoms with Gasteiger partial charge in [-0.1, -0.05) is 30.3 Å². The molecule has 1 amide bonds. The number of hydrogen-bond acceptors (Lipinski definition) is 3. The van der Waals surface area contributed by atoms with Gasteiger partial charge in [-0.05, 0) is 36.6 Å². The normalized spacial score (nSPS) is 15.5. The highest BCUT2D eigenvalue weighted by Crippen LogP contribution is 2.28. The number of aromatic hydroxyl groups is 1. The predicted molar refractivity (Wildman–Crippen MR) is 84.9 cm³/mol. The van der Waals surface area contributed by atoms with Crippen molar-refractivity contribution >= 4 is 5.91 Å². The number of carbonyl (C=O) groups excluding carboxylic acids is 1. The number of phenols is 1. The molecule has 0 aromatic heterocycles. The molecule has 114 valence electrons. The predicted octanol–water partition coefficient (Wildman–Crippen LogP) is 2.97. The van der Waals surface area contributed by atoms with Crippen LogP contribution in [0.3, 0.4) is 0 Å². The standard InChI is InChI=1S/C18H19NO3/c20-17-4-2-1-3-16(17)13-5-7-14(8-6-13)18(21)19-15-9-11-22-12-10-15/h1-8,15,20H,9-12H2,(H,19,21). The second-order valence-electron chi connectivity index (χ2n) is 5.45. The number of amides is 1. The molecule has 0 atom stereocenters. The second-order valence-corrected chi connectivity index (χ2v) is 5.45. The summed E-state index contributed by atoms with van der Waals surface area (Å²) in [7, 11) is 0. The highest BCUT2D eigenvalue weighted by Gasteiger charge is 2.17. The largest absolute Gasteiger partial charge is 0.507 e. The van der Waals surface area contributed by atoms with Crippen LogP contribution in [-0.2, 0) is 4.74 Å². The summed E-state index contributed by atoms with van der Waals surface area (Å²) >= 11 is 0. The fraction of sp³-hybridized carbons (Fsp3) is 0.278. The summed E-state index contributed by atoms with van der Waals surface area (Å²) in [5, 5.41) is 12.9. The zero-order chi connectivity index (χ0) is 15.4. The molecular weight excluding hydrogens is 278 g/mol. The van der Waals surface area contributed by atoms with Crippen molar-refractivity contribution < 1.29 is 14.6 Å². The molecule has 4 nitrogen and oxygen atoms in total. The lowest BCUT2D eigenvalue weighted by Gasteiger charge is -2.23. The van der Waals surface area contributed by atoms with Crippen molar-refractivity contribution in [1.29, 1.82) is 0 Å². The van der Waals surface area contributed by atoms with Gasteiger partial charge in [-0.3, -0.25) is 4.79 Å². The van der Waals surface area contributed by atoms with Crippen molar-refractivity contribution in [2.24, 2.45) is 0 Å². The molecular formula is C18H19NO3. The average Bonchev–Trinajstić information content (AvgIpc) is 2.56. The minimum Gasteiger partial charge on any atom is -0.507 e. The van der Waals surface area contributed by atoms with Gasteiger partial charge in [-0.25, -0.2) is 0 Å². The molecule has 0 aliphatic carbocycles. The number of carbonyl (C=O) groups is 1. The summed E-state index contributed by atoms with van der Waals surface area (Å²) in [4.78, 5) is 12.2. The number of ether oxygens (including phenoxy) is 1. The molecule has 1 aliphatic rings. The van der Waals surface area contributed by atoms with Crippen LogP contribution in [0.5, 0.6) is 5.75 Å². The molecule has 3 rings (SSSR count). The van der Waals surface area contributed by atoms with Crippen LogP contribution < -0.4 is 5.32 Å². The third-order valence-corrected chi connectivity index (χ3v) is 3.92. The molecule has 1 fully saturated rings. The van der Waals surface area contributed by atoms with Crippen LogP contribution in [0.4, 0.5) is 0 Å². The van der Waals surface area contributed by atoms with Crippen molar-refractivity contribution in [1.82, 2.24) is 5.32 Å². The second kappa shape index (κ2) is 6.62. The van der Waals surface area contributed by atoms with E-state index in [0.717, 1.165) is 24.0 Å². The van der Waals surface area contributed by atoms with Crippen LogP contribution in [0.15, 0.2) is 48.5 Å². The third kappa shape index (κ3) is 3.28. The highest BCUT2D eigenvalue weighted by molar-refractivity contribution is 5.95. The lowest BCUT2D eigenvalue weighted by molar-refractivity contribution is 0.0696. The van der Waals surface area contributed by atoms with Crippen LogP contribution in [0.1, 0.15) is 23.2 Å². The maximum absolute atomic E-state index is 12.2. The van der Waals surface area contributed by atoms with Gasteiger partial charge in [0.2, 0.25) is 0 Å². The first-order valence-corrected chi connectivity index (χ1v) is 7.51. The summed E-state index contributed by atoms with van der Waals surface area (Å²) < 4.78 is 5.29. The van der Waals surface area contributed by atoms with Gasteiger partial charge < -0.3 is 15.2 Å². The number of para-hydroxylation sites is 1. The molecule has 1 heterocycles. The zero-order valence-corrected chi connectivity index (χ0v) is 12.3. The Labute approximate surface area is 129 Å². The van der Waals surface area contributed by atoms with Crippen LogP contribution in [0.2, 0.25) is 0 Å². The van der Waals surface area contributed by atoms with Crippen molar-refractivity contribution in [2.45, 2.75) is 18.9 Å². The quantitative estimate of drug-likeness (QED) is 0.915. The first kappa shape index (κ1) is 14.6. The summed E-state index contributed by atoms with van der Waals surface area (Å²) in [5.41, 5.74) is 2.28. The number of rotatable bonds is 3. The Morgan fingerprint density at radius 2 is 1.73 bits per heavy atom. The maximum Gasteiger partial charge on any atom is 0.251 e. The lowest BCUT2D eigenvalue weighted by Crippen LogP contribution is -2.38. The van der Waals surface area contributed by atoms with Gasteiger partial charge in [0.25, 0.3) is 5.91 Å². The van der Waals surface area contributed by atoms with E-state index in [2.05, 4.69) is 5.32 Å².